The van der Waals surface area contributed by atoms with Gasteiger partial charge in [0.1, 0.15) is 5.60 Å². The molecule has 19 heavy (non-hydrogen) atoms. The third-order valence-corrected chi connectivity index (χ3v) is 4.00. The molecule has 0 unspecified atom stereocenters. The van der Waals surface area contributed by atoms with Crippen molar-refractivity contribution in [2.45, 2.75) is 32.3 Å². The molecule has 1 aromatic rings. The maximum absolute atomic E-state index is 12.2. The number of ether oxygens (including phenoxy) is 1. The molecular weight excluding hydrogens is 240 g/mol. The van der Waals surface area contributed by atoms with E-state index in [1.807, 2.05) is 12.1 Å². The van der Waals surface area contributed by atoms with Crippen LogP contribution < -0.4 is 10.2 Å². The highest BCUT2D eigenvalue weighted by molar-refractivity contribution is 5.90. The Morgan fingerprint density at radius 2 is 1.79 bits per heavy atom. The Kier molecular flexibility index (Phi) is 2.97. The van der Waals surface area contributed by atoms with Crippen molar-refractivity contribution in [3.8, 4) is 0 Å². The Balaban J connectivity index is 1.87. The van der Waals surface area contributed by atoms with E-state index in [0.29, 0.717) is 6.54 Å². The molecule has 3 rings (SSSR count). The van der Waals surface area contributed by atoms with Crippen molar-refractivity contribution in [3.05, 3.63) is 29.3 Å². The van der Waals surface area contributed by atoms with Gasteiger partial charge in [0.25, 0.3) is 0 Å². The van der Waals surface area contributed by atoms with Gasteiger partial charge in [-0.3, -0.25) is 4.90 Å². The van der Waals surface area contributed by atoms with Crippen molar-refractivity contribution in [2.24, 2.45) is 0 Å². The Labute approximate surface area is 113 Å². The molecular formula is C15H20N2O2. The molecule has 0 aliphatic carbocycles. The number of benzene rings is 1. The van der Waals surface area contributed by atoms with Crippen molar-refractivity contribution in [1.29, 1.82) is 0 Å². The Morgan fingerprint density at radius 3 is 2.42 bits per heavy atom. The van der Waals surface area contributed by atoms with Crippen molar-refractivity contribution in [2.75, 3.05) is 24.5 Å². The largest absolute Gasteiger partial charge is 0.441 e. The summed E-state index contributed by atoms with van der Waals surface area (Å²) in [6, 6.07) is 6.22. The standard InChI is InChI=1S/C15H20N2O2/c1-11-7-12(2)9-13(8-11)17-10-15(19-14(17)18)3-5-16-6-4-15/h7-9,16H,3-6,10H2,1-2H3. The Morgan fingerprint density at radius 1 is 1.16 bits per heavy atom. The van der Waals surface area contributed by atoms with Gasteiger partial charge in [-0.25, -0.2) is 4.79 Å². The maximum atomic E-state index is 12.2. The van der Waals surface area contributed by atoms with E-state index < -0.39 is 0 Å². The Bertz CT molecular complexity index is 487. The van der Waals surface area contributed by atoms with Gasteiger partial charge in [0.15, 0.2) is 0 Å². The third kappa shape index (κ3) is 2.32. The summed E-state index contributed by atoms with van der Waals surface area (Å²) in [5, 5.41) is 3.31. The summed E-state index contributed by atoms with van der Waals surface area (Å²) < 4.78 is 5.68. The molecule has 4 heteroatoms. The fraction of sp³-hybridized carbons (Fsp3) is 0.533. The number of nitrogens with one attached hydrogen (secondary N) is 1. The van der Waals surface area contributed by atoms with Gasteiger partial charge in [0, 0.05) is 18.5 Å². The van der Waals surface area contributed by atoms with Crippen LogP contribution >= 0.6 is 0 Å². The number of aryl methyl sites for hydroxylation is 2. The molecule has 0 bridgehead atoms. The van der Waals surface area contributed by atoms with Crippen LogP contribution in [0.2, 0.25) is 0 Å². The molecule has 1 aromatic carbocycles. The van der Waals surface area contributed by atoms with Crippen LogP contribution in [0.3, 0.4) is 0 Å². The van der Waals surface area contributed by atoms with Crippen LogP contribution in [0.15, 0.2) is 18.2 Å². The number of carbonyl (C=O) groups excluding carboxylic acids is 1. The van der Waals surface area contributed by atoms with E-state index in [1.165, 1.54) is 11.1 Å². The van der Waals surface area contributed by atoms with E-state index in [1.54, 1.807) is 4.90 Å². The first-order valence-corrected chi connectivity index (χ1v) is 6.88. The highest BCUT2D eigenvalue weighted by Gasteiger charge is 2.46. The fourth-order valence-corrected chi connectivity index (χ4v) is 3.07. The number of hydrogen-bond acceptors (Lipinski definition) is 3. The molecule has 1 N–H and O–H groups in total. The highest BCUT2D eigenvalue weighted by Crippen LogP contribution is 2.34. The van der Waals surface area contributed by atoms with Crippen LogP contribution in [0.5, 0.6) is 0 Å². The van der Waals surface area contributed by atoms with E-state index in [4.69, 9.17) is 4.74 Å². The third-order valence-electron chi connectivity index (χ3n) is 4.00. The van der Waals surface area contributed by atoms with Crippen molar-refractivity contribution >= 4 is 11.8 Å². The molecule has 0 saturated carbocycles. The molecule has 4 nitrogen and oxygen atoms in total. The molecule has 0 atom stereocenters. The first kappa shape index (κ1) is 12.5. The summed E-state index contributed by atoms with van der Waals surface area (Å²) in [6.07, 6.45) is 1.60. The molecule has 2 aliphatic rings. The summed E-state index contributed by atoms with van der Waals surface area (Å²) in [4.78, 5) is 13.9. The predicted molar refractivity (Wildman–Crippen MR) is 74.6 cm³/mol. The first-order chi connectivity index (χ1) is 9.08. The van der Waals surface area contributed by atoms with Crippen molar-refractivity contribution < 1.29 is 9.53 Å². The van der Waals surface area contributed by atoms with E-state index in [2.05, 4.69) is 25.2 Å². The second-order valence-corrected chi connectivity index (χ2v) is 5.73. The quantitative estimate of drug-likeness (QED) is 0.843. The minimum atomic E-state index is -0.278. The summed E-state index contributed by atoms with van der Waals surface area (Å²) in [5.74, 6) is 0. The van der Waals surface area contributed by atoms with Gasteiger partial charge in [0.05, 0.1) is 6.54 Å². The smallest absolute Gasteiger partial charge is 0.415 e. The lowest BCUT2D eigenvalue weighted by Gasteiger charge is -2.31. The van der Waals surface area contributed by atoms with Crippen LogP contribution in [0.25, 0.3) is 0 Å². The molecule has 0 aromatic heterocycles. The zero-order valence-corrected chi connectivity index (χ0v) is 11.5. The molecule has 1 amide bonds. The van der Waals surface area contributed by atoms with Crippen LogP contribution in [0.4, 0.5) is 10.5 Å². The molecule has 1 spiro atoms. The van der Waals surface area contributed by atoms with Gasteiger partial charge >= 0.3 is 6.09 Å². The fourth-order valence-electron chi connectivity index (χ4n) is 3.07. The molecule has 2 fully saturated rings. The molecule has 102 valence electrons. The number of hydrogen-bond donors (Lipinski definition) is 1. The second-order valence-electron chi connectivity index (χ2n) is 5.73. The number of piperidine rings is 1. The first-order valence-electron chi connectivity index (χ1n) is 6.88. The normalized spacial score (nSPS) is 21.8. The minimum Gasteiger partial charge on any atom is -0.441 e. The molecule has 2 saturated heterocycles. The summed E-state index contributed by atoms with van der Waals surface area (Å²) in [6.45, 7) is 6.63. The lowest BCUT2D eigenvalue weighted by molar-refractivity contribution is 0.0316. The predicted octanol–water partition coefficient (Wildman–Crippen LogP) is 2.38. The SMILES string of the molecule is Cc1cc(C)cc(N2CC3(CCNCC3)OC2=O)c1. The van der Waals surface area contributed by atoms with E-state index in [0.717, 1.165) is 31.6 Å². The number of nitrogens with zero attached hydrogens (tertiary/aromatic N) is 1. The van der Waals surface area contributed by atoms with Gasteiger partial charge < -0.3 is 10.1 Å². The summed E-state index contributed by atoms with van der Waals surface area (Å²) in [7, 11) is 0. The van der Waals surface area contributed by atoms with Gasteiger partial charge in [-0.2, -0.15) is 0 Å². The second kappa shape index (κ2) is 4.53. The topological polar surface area (TPSA) is 41.6 Å². The number of anilines is 1. The van der Waals surface area contributed by atoms with Crippen LogP contribution in [-0.4, -0.2) is 31.3 Å². The van der Waals surface area contributed by atoms with Gasteiger partial charge in [-0.1, -0.05) is 6.07 Å². The summed E-state index contributed by atoms with van der Waals surface area (Å²) in [5.41, 5.74) is 3.03. The van der Waals surface area contributed by atoms with Crippen molar-refractivity contribution in [1.82, 2.24) is 5.32 Å². The zero-order chi connectivity index (χ0) is 13.5. The average Bonchev–Trinajstić information content (AvgIpc) is 2.66. The lowest BCUT2D eigenvalue weighted by atomic mass is 9.92. The average molecular weight is 260 g/mol. The van der Waals surface area contributed by atoms with Crippen LogP contribution in [0.1, 0.15) is 24.0 Å². The van der Waals surface area contributed by atoms with Gasteiger partial charge in [-0.05, 0) is 50.2 Å². The highest BCUT2D eigenvalue weighted by atomic mass is 16.6. The van der Waals surface area contributed by atoms with Gasteiger partial charge in [-0.15, -0.1) is 0 Å². The number of carbonyl (C=O) groups is 1. The minimum absolute atomic E-state index is 0.202. The molecule has 0 radical (unpaired) electrons. The van der Waals surface area contributed by atoms with Crippen LogP contribution in [-0.2, 0) is 4.74 Å². The maximum Gasteiger partial charge on any atom is 0.415 e. The zero-order valence-electron chi connectivity index (χ0n) is 11.5. The van der Waals surface area contributed by atoms with Crippen LogP contribution in [0, 0.1) is 13.8 Å². The summed E-state index contributed by atoms with van der Waals surface area (Å²) >= 11 is 0. The lowest BCUT2D eigenvalue weighted by Crippen LogP contribution is -2.44. The van der Waals surface area contributed by atoms with E-state index in [9.17, 15) is 4.79 Å². The van der Waals surface area contributed by atoms with Gasteiger partial charge in [0.2, 0.25) is 0 Å². The van der Waals surface area contributed by atoms with E-state index >= 15 is 0 Å². The number of rotatable bonds is 1. The van der Waals surface area contributed by atoms with Crippen molar-refractivity contribution in [3.63, 3.8) is 0 Å². The molecule has 2 aliphatic heterocycles. The molecule has 2 heterocycles. The number of amides is 1. The monoisotopic (exact) mass is 260 g/mol. The Hall–Kier alpha value is -1.55. The van der Waals surface area contributed by atoms with E-state index in [-0.39, 0.29) is 11.7 Å².